The van der Waals surface area contributed by atoms with Crippen LogP contribution in [0.2, 0.25) is 0 Å². The summed E-state index contributed by atoms with van der Waals surface area (Å²) in [6.07, 6.45) is 0. The number of carbonyl (C=O) groups is 1. The van der Waals surface area contributed by atoms with Crippen molar-refractivity contribution >= 4 is 23.2 Å². The number of hydrogen-bond donors (Lipinski definition) is 1. The van der Waals surface area contributed by atoms with Crippen molar-refractivity contribution < 1.29 is 4.79 Å². The first-order chi connectivity index (χ1) is 12.0. The summed E-state index contributed by atoms with van der Waals surface area (Å²) in [7, 11) is 1.77. The van der Waals surface area contributed by atoms with Crippen molar-refractivity contribution in [1.82, 2.24) is 9.97 Å². The van der Waals surface area contributed by atoms with Gasteiger partial charge in [0, 0.05) is 35.4 Å². The van der Waals surface area contributed by atoms with Gasteiger partial charge < -0.3 is 10.2 Å². The van der Waals surface area contributed by atoms with Crippen molar-refractivity contribution in [3.8, 4) is 0 Å². The highest BCUT2D eigenvalue weighted by molar-refractivity contribution is 6.06. The third-order valence-electron chi connectivity index (χ3n) is 3.80. The molecule has 0 unspecified atom stereocenters. The van der Waals surface area contributed by atoms with Crippen molar-refractivity contribution in [3.05, 3.63) is 77.6 Å². The van der Waals surface area contributed by atoms with Crippen LogP contribution < -0.4 is 10.2 Å². The quantitative estimate of drug-likeness (QED) is 0.781. The van der Waals surface area contributed by atoms with Crippen molar-refractivity contribution in [3.63, 3.8) is 0 Å². The number of amides is 1. The molecule has 5 heteroatoms. The van der Waals surface area contributed by atoms with Gasteiger partial charge in [-0.3, -0.25) is 4.79 Å². The zero-order chi connectivity index (χ0) is 17.8. The highest BCUT2D eigenvalue weighted by Crippen LogP contribution is 2.19. The molecule has 0 saturated heterocycles. The van der Waals surface area contributed by atoms with E-state index in [1.54, 1.807) is 18.0 Å². The fraction of sp³-hybridized carbons (Fsp3) is 0.150. The Morgan fingerprint density at radius 3 is 2.28 bits per heavy atom. The van der Waals surface area contributed by atoms with Gasteiger partial charge >= 0.3 is 0 Å². The van der Waals surface area contributed by atoms with Crippen LogP contribution in [0.1, 0.15) is 21.7 Å². The molecule has 3 aromatic rings. The van der Waals surface area contributed by atoms with Crippen LogP contribution in [0.3, 0.4) is 0 Å². The van der Waals surface area contributed by atoms with E-state index in [0.29, 0.717) is 11.5 Å². The van der Waals surface area contributed by atoms with E-state index in [0.717, 1.165) is 22.8 Å². The highest BCUT2D eigenvalue weighted by Gasteiger charge is 2.13. The van der Waals surface area contributed by atoms with Crippen LogP contribution in [0, 0.1) is 13.8 Å². The molecular weight excluding hydrogens is 312 g/mol. The van der Waals surface area contributed by atoms with Gasteiger partial charge in [0.2, 0.25) is 5.95 Å². The van der Waals surface area contributed by atoms with Crippen LogP contribution in [0.25, 0.3) is 0 Å². The molecular formula is C20H20N4O. The van der Waals surface area contributed by atoms with Crippen LogP contribution in [-0.2, 0) is 0 Å². The van der Waals surface area contributed by atoms with Gasteiger partial charge in [-0.05, 0) is 50.2 Å². The SMILES string of the molecule is Cc1cc(C)nc(Nc2cccc(C(=O)N(C)c3ccccc3)c2)n1. The van der Waals surface area contributed by atoms with Gasteiger partial charge in [0.05, 0.1) is 0 Å². The second-order valence-corrected chi connectivity index (χ2v) is 5.88. The van der Waals surface area contributed by atoms with Crippen molar-refractivity contribution in [2.45, 2.75) is 13.8 Å². The first-order valence-corrected chi connectivity index (χ1v) is 8.05. The number of aryl methyl sites for hydroxylation is 2. The lowest BCUT2D eigenvalue weighted by Gasteiger charge is -2.17. The summed E-state index contributed by atoms with van der Waals surface area (Å²) in [6.45, 7) is 3.85. The van der Waals surface area contributed by atoms with Gasteiger partial charge in [0.25, 0.3) is 5.91 Å². The predicted octanol–water partition coefficient (Wildman–Crippen LogP) is 4.11. The molecule has 3 rings (SSSR count). The van der Waals surface area contributed by atoms with Gasteiger partial charge in [-0.1, -0.05) is 24.3 Å². The number of rotatable bonds is 4. The molecule has 1 heterocycles. The minimum atomic E-state index is -0.0730. The standard InChI is InChI=1S/C20H20N4O/c1-14-12-15(2)22-20(21-14)23-17-9-7-8-16(13-17)19(25)24(3)18-10-5-4-6-11-18/h4-13H,1-3H3,(H,21,22,23). The van der Waals surface area contributed by atoms with Crippen molar-refractivity contribution in [2.75, 3.05) is 17.3 Å². The van der Waals surface area contributed by atoms with Gasteiger partial charge in [-0.25, -0.2) is 9.97 Å². The largest absolute Gasteiger partial charge is 0.324 e. The average molecular weight is 332 g/mol. The molecule has 0 aliphatic carbocycles. The van der Waals surface area contributed by atoms with E-state index in [2.05, 4.69) is 15.3 Å². The molecule has 1 N–H and O–H groups in total. The zero-order valence-electron chi connectivity index (χ0n) is 14.5. The number of para-hydroxylation sites is 1. The number of carbonyl (C=O) groups excluding carboxylic acids is 1. The Labute approximate surface area is 147 Å². The summed E-state index contributed by atoms with van der Waals surface area (Å²) in [5.74, 6) is 0.453. The summed E-state index contributed by atoms with van der Waals surface area (Å²) in [5.41, 5.74) is 4.01. The Kier molecular flexibility index (Phi) is 4.75. The van der Waals surface area contributed by atoms with Crippen LogP contribution in [0.4, 0.5) is 17.3 Å². The Morgan fingerprint density at radius 1 is 0.920 bits per heavy atom. The molecule has 0 saturated carbocycles. The summed E-state index contributed by atoms with van der Waals surface area (Å²) in [4.78, 5) is 23.1. The lowest BCUT2D eigenvalue weighted by molar-refractivity contribution is 0.0993. The van der Waals surface area contributed by atoms with Crippen LogP contribution in [0.5, 0.6) is 0 Å². The van der Waals surface area contributed by atoms with E-state index in [-0.39, 0.29) is 5.91 Å². The molecule has 1 amide bonds. The second kappa shape index (κ2) is 7.13. The molecule has 0 bridgehead atoms. The molecule has 1 aromatic heterocycles. The maximum atomic E-state index is 12.7. The van der Waals surface area contributed by atoms with E-state index >= 15 is 0 Å². The second-order valence-electron chi connectivity index (χ2n) is 5.88. The van der Waals surface area contributed by atoms with Crippen LogP contribution >= 0.6 is 0 Å². The number of anilines is 3. The number of benzene rings is 2. The minimum absolute atomic E-state index is 0.0730. The lowest BCUT2D eigenvalue weighted by Crippen LogP contribution is -2.26. The molecule has 126 valence electrons. The number of nitrogens with one attached hydrogen (secondary N) is 1. The molecule has 0 radical (unpaired) electrons. The summed E-state index contributed by atoms with van der Waals surface area (Å²) in [5, 5.41) is 3.17. The molecule has 2 aromatic carbocycles. The van der Waals surface area contributed by atoms with Gasteiger partial charge in [-0.2, -0.15) is 0 Å². The van der Waals surface area contributed by atoms with Crippen LogP contribution in [0.15, 0.2) is 60.7 Å². The Bertz CT molecular complexity index is 873. The molecule has 0 fully saturated rings. The molecule has 25 heavy (non-hydrogen) atoms. The van der Waals surface area contributed by atoms with E-state index in [4.69, 9.17) is 0 Å². The molecule has 0 aliphatic rings. The monoisotopic (exact) mass is 332 g/mol. The third kappa shape index (κ3) is 4.01. The van der Waals surface area contributed by atoms with Gasteiger partial charge in [-0.15, -0.1) is 0 Å². The Hall–Kier alpha value is -3.21. The molecule has 5 nitrogen and oxygen atoms in total. The smallest absolute Gasteiger partial charge is 0.258 e. The first kappa shape index (κ1) is 16.6. The molecule has 0 spiro atoms. The molecule has 0 aliphatic heterocycles. The van der Waals surface area contributed by atoms with Gasteiger partial charge in [0.1, 0.15) is 0 Å². The zero-order valence-corrected chi connectivity index (χ0v) is 14.5. The minimum Gasteiger partial charge on any atom is -0.324 e. The normalized spacial score (nSPS) is 10.4. The molecule has 0 atom stereocenters. The van der Waals surface area contributed by atoms with E-state index in [1.165, 1.54) is 0 Å². The first-order valence-electron chi connectivity index (χ1n) is 8.05. The summed E-state index contributed by atoms with van der Waals surface area (Å²) < 4.78 is 0. The number of aromatic nitrogens is 2. The average Bonchev–Trinajstić information content (AvgIpc) is 2.60. The van der Waals surface area contributed by atoms with Crippen molar-refractivity contribution in [2.24, 2.45) is 0 Å². The third-order valence-corrected chi connectivity index (χ3v) is 3.80. The van der Waals surface area contributed by atoms with E-state index in [1.807, 2.05) is 68.4 Å². The van der Waals surface area contributed by atoms with Gasteiger partial charge in [0.15, 0.2) is 0 Å². The fourth-order valence-electron chi connectivity index (χ4n) is 2.60. The predicted molar refractivity (Wildman–Crippen MR) is 100 cm³/mol. The highest BCUT2D eigenvalue weighted by atomic mass is 16.2. The Morgan fingerprint density at radius 2 is 1.60 bits per heavy atom. The summed E-state index contributed by atoms with van der Waals surface area (Å²) in [6, 6.07) is 18.8. The van der Waals surface area contributed by atoms with E-state index in [9.17, 15) is 4.79 Å². The van der Waals surface area contributed by atoms with E-state index < -0.39 is 0 Å². The maximum absolute atomic E-state index is 12.7. The number of nitrogens with zero attached hydrogens (tertiary/aromatic N) is 3. The Balaban J connectivity index is 1.82. The van der Waals surface area contributed by atoms with Crippen molar-refractivity contribution in [1.29, 1.82) is 0 Å². The maximum Gasteiger partial charge on any atom is 0.258 e. The topological polar surface area (TPSA) is 58.1 Å². The summed E-state index contributed by atoms with van der Waals surface area (Å²) >= 11 is 0. The van der Waals surface area contributed by atoms with Crippen LogP contribution in [-0.4, -0.2) is 22.9 Å². The number of hydrogen-bond acceptors (Lipinski definition) is 4. The fourth-order valence-corrected chi connectivity index (χ4v) is 2.60. The lowest BCUT2D eigenvalue weighted by atomic mass is 10.1.